The molecule has 32 heavy (non-hydrogen) atoms. The largest absolute Gasteiger partial charge is 0.372 e. The molecular weight excluding hydrogens is 400 g/mol. The molecule has 0 unspecified atom stereocenters. The minimum atomic E-state index is 0.170. The van der Waals surface area contributed by atoms with Crippen LogP contribution in [0.3, 0.4) is 0 Å². The lowest BCUT2D eigenvalue weighted by Crippen LogP contribution is -2.54. The summed E-state index contributed by atoms with van der Waals surface area (Å²) in [7, 11) is 0. The van der Waals surface area contributed by atoms with Crippen molar-refractivity contribution in [2.24, 2.45) is 10.9 Å². The Balaban J connectivity index is 1.27. The molecule has 1 amide bonds. The Morgan fingerprint density at radius 2 is 1.69 bits per heavy atom. The summed E-state index contributed by atoms with van der Waals surface area (Å²) in [6.07, 6.45) is 4.86. The molecule has 4 rings (SSSR count). The summed E-state index contributed by atoms with van der Waals surface area (Å²) in [6.45, 7) is 12.4. The molecule has 1 aromatic rings. The molecule has 0 radical (unpaired) electrons. The number of piperazine rings is 1. The van der Waals surface area contributed by atoms with Gasteiger partial charge in [0.05, 0.1) is 13.1 Å². The highest BCUT2D eigenvalue weighted by atomic mass is 16.2. The summed E-state index contributed by atoms with van der Waals surface area (Å²) in [4.78, 5) is 24.1. The Kier molecular flexibility index (Phi) is 7.90. The van der Waals surface area contributed by atoms with Crippen LogP contribution in [0.4, 0.5) is 5.69 Å². The van der Waals surface area contributed by atoms with E-state index in [0.29, 0.717) is 19.1 Å². The van der Waals surface area contributed by atoms with Gasteiger partial charge in [-0.15, -0.1) is 0 Å². The van der Waals surface area contributed by atoms with Gasteiger partial charge in [0, 0.05) is 57.5 Å². The van der Waals surface area contributed by atoms with E-state index in [4.69, 9.17) is 4.99 Å². The molecular formula is C25H40N6O. The molecule has 1 aliphatic carbocycles. The first-order valence-electron chi connectivity index (χ1n) is 12.5. The van der Waals surface area contributed by atoms with Crippen LogP contribution in [-0.4, -0.2) is 80.1 Å². The van der Waals surface area contributed by atoms with E-state index in [0.717, 1.165) is 70.5 Å². The summed E-state index contributed by atoms with van der Waals surface area (Å²) in [6, 6.07) is 9.38. The second-order valence-corrected chi connectivity index (χ2v) is 9.61. The second-order valence-electron chi connectivity index (χ2n) is 9.61. The van der Waals surface area contributed by atoms with Gasteiger partial charge >= 0.3 is 0 Å². The average molecular weight is 441 g/mol. The van der Waals surface area contributed by atoms with E-state index in [1.165, 1.54) is 24.1 Å². The number of rotatable bonds is 7. The lowest BCUT2D eigenvalue weighted by atomic mass is 9.99. The molecule has 2 aliphatic heterocycles. The molecule has 176 valence electrons. The van der Waals surface area contributed by atoms with Crippen LogP contribution in [0.1, 0.15) is 45.1 Å². The van der Waals surface area contributed by atoms with Crippen molar-refractivity contribution in [3.8, 4) is 0 Å². The summed E-state index contributed by atoms with van der Waals surface area (Å²) < 4.78 is 0. The highest BCUT2D eigenvalue weighted by Crippen LogP contribution is 2.23. The minimum Gasteiger partial charge on any atom is -0.372 e. The number of benzene rings is 1. The predicted octanol–water partition coefficient (Wildman–Crippen LogP) is 2.28. The van der Waals surface area contributed by atoms with Crippen LogP contribution in [0.15, 0.2) is 29.3 Å². The van der Waals surface area contributed by atoms with Crippen molar-refractivity contribution >= 4 is 17.6 Å². The van der Waals surface area contributed by atoms with Gasteiger partial charge in [-0.2, -0.15) is 0 Å². The summed E-state index contributed by atoms with van der Waals surface area (Å²) in [5, 5.41) is 6.54. The smallest absolute Gasteiger partial charge is 0.234 e. The van der Waals surface area contributed by atoms with Crippen molar-refractivity contribution in [2.45, 2.75) is 52.1 Å². The number of hydrogen-bond donors (Lipinski definition) is 2. The van der Waals surface area contributed by atoms with Gasteiger partial charge in [0.2, 0.25) is 5.91 Å². The predicted molar refractivity (Wildman–Crippen MR) is 131 cm³/mol. The van der Waals surface area contributed by atoms with Gasteiger partial charge in [0.15, 0.2) is 5.96 Å². The third kappa shape index (κ3) is 6.61. The number of hydrogen-bond acceptors (Lipinski definition) is 4. The molecule has 2 N–H and O–H groups in total. The molecule has 0 bridgehead atoms. The first kappa shape index (κ1) is 22.9. The lowest BCUT2D eigenvalue weighted by Gasteiger charge is -2.36. The molecule has 3 fully saturated rings. The van der Waals surface area contributed by atoms with Crippen LogP contribution in [0.5, 0.6) is 0 Å². The monoisotopic (exact) mass is 440 g/mol. The maximum absolute atomic E-state index is 12.1. The fourth-order valence-corrected chi connectivity index (χ4v) is 4.49. The van der Waals surface area contributed by atoms with Crippen LogP contribution in [0.2, 0.25) is 0 Å². The van der Waals surface area contributed by atoms with E-state index in [1.54, 1.807) is 0 Å². The molecule has 0 aromatic heterocycles. The maximum Gasteiger partial charge on any atom is 0.234 e. The van der Waals surface area contributed by atoms with Crippen LogP contribution in [0, 0.1) is 5.92 Å². The van der Waals surface area contributed by atoms with Crippen molar-refractivity contribution < 1.29 is 4.79 Å². The topological polar surface area (TPSA) is 63.2 Å². The standard InChI is InChI=1S/C25H40N6O/c1-3-26-25(31-16-14-29(15-17-31)19-24(32)28-22-6-7-22)27-18-21-4-8-23(9-5-21)30-12-10-20(2)11-13-30/h4-5,8-9,20,22H,3,6-7,10-19H2,1-2H3,(H,26,27)(H,28,32). The Morgan fingerprint density at radius 3 is 2.31 bits per heavy atom. The number of nitrogens with zero attached hydrogens (tertiary/aromatic N) is 4. The van der Waals surface area contributed by atoms with Gasteiger partial charge in [-0.1, -0.05) is 19.1 Å². The van der Waals surface area contributed by atoms with Crippen molar-refractivity contribution in [3.05, 3.63) is 29.8 Å². The fourth-order valence-electron chi connectivity index (χ4n) is 4.49. The Labute approximate surface area is 193 Å². The zero-order valence-corrected chi connectivity index (χ0v) is 19.9. The molecule has 7 nitrogen and oxygen atoms in total. The van der Waals surface area contributed by atoms with Crippen LogP contribution in [0.25, 0.3) is 0 Å². The van der Waals surface area contributed by atoms with E-state index < -0.39 is 0 Å². The quantitative estimate of drug-likeness (QED) is 0.503. The molecule has 0 spiro atoms. The van der Waals surface area contributed by atoms with E-state index in [-0.39, 0.29) is 5.91 Å². The second kappa shape index (κ2) is 11.0. The Morgan fingerprint density at radius 1 is 1.00 bits per heavy atom. The number of anilines is 1. The van der Waals surface area contributed by atoms with Crippen molar-refractivity contribution in [1.29, 1.82) is 0 Å². The number of aliphatic imine (C=N–C) groups is 1. The maximum atomic E-state index is 12.1. The summed E-state index contributed by atoms with van der Waals surface area (Å²) >= 11 is 0. The third-order valence-corrected chi connectivity index (χ3v) is 6.81. The molecule has 3 aliphatic rings. The Hall–Kier alpha value is -2.28. The zero-order valence-electron chi connectivity index (χ0n) is 19.9. The number of carbonyl (C=O) groups excluding carboxylic acids is 1. The number of piperidine rings is 1. The molecule has 0 atom stereocenters. The average Bonchev–Trinajstić information content (AvgIpc) is 3.62. The normalized spacial score (nSPS) is 21.0. The van der Waals surface area contributed by atoms with Gasteiger partial charge in [-0.3, -0.25) is 9.69 Å². The van der Waals surface area contributed by atoms with E-state index in [2.05, 4.69) is 63.4 Å². The van der Waals surface area contributed by atoms with Crippen molar-refractivity contribution in [3.63, 3.8) is 0 Å². The van der Waals surface area contributed by atoms with Crippen molar-refractivity contribution in [2.75, 3.05) is 57.3 Å². The molecule has 1 saturated carbocycles. The van der Waals surface area contributed by atoms with Gasteiger partial charge in [0.1, 0.15) is 0 Å². The van der Waals surface area contributed by atoms with Crippen LogP contribution < -0.4 is 15.5 Å². The van der Waals surface area contributed by atoms with E-state index in [1.807, 2.05) is 0 Å². The first-order valence-corrected chi connectivity index (χ1v) is 12.5. The van der Waals surface area contributed by atoms with E-state index >= 15 is 0 Å². The molecule has 2 saturated heterocycles. The summed E-state index contributed by atoms with van der Waals surface area (Å²) in [5.41, 5.74) is 2.57. The highest BCUT2D eigenvalue weighted by molar-refractivity contribution is 5.80. The van der Waals surface area contributed by atoms with Crippen LogP contribution in [-0.2, 0) is 11.3 Å². The van der Waals surface area contributed by atoms with Gasteiger partial charge in [0.25, 0.3) is 0 Å². The highest BCUT2D eigenvalue weighted by Gasteiger charge is 2.26. The van der Waals surface area contributed by atoms with E-state index in [9.17, 15) is 4.79 Å². The number of amides is 1. The Bertz CT molecular complexity index is 759. The SMILES string of the molecule is CCNC(=NCc1ccc(N2CCC(C)CC2)cc1)N1CCN(CC(=O)NC2CC2)CC1. The van der Waals surface area contributed by atoms with Crippen molar-refractivity contribution in [1.82, 2.24) is 20.4 Å². The molecule has 2 heterocycles. The number of carbonyl (C=O) groups is 1. The molecule has 1 aromatic carbocycles. The van der Waals surface area contributed by atoms with Crippen LogP contribution >= 0.6 is 0 Å². The third-order valence-electron chi connectivity index (χ3n) is 6.81. The fraction of sp³-hybridized carbons (Fsp3) is 0.680. The lowest BCUT2D eigenvalue weighted by molar-refractivity contribution is -0.122. The van der Waals surface area contributed by atoms with Gasteiger partial charge in [-0.05, 0) is 56.2 Å². The zero-order chi connectivity index (χ0) is 22.3. The minimum absolute atomic E-state index is 0.170. The number of guanidine groups is 1. The molecule has 7 heteroatoms. The first-order chi connectivity index (χ1) is 15.6. The summed E-state index contributed by atoms with van der Waals surface area (Å²) in [5.74, 6) is 2.00. The van der Waals surface area contributed by atoms with Gasteiger partial charge in [-0.25, -0.2) is 4.99 Å². The number of nitrogens with one attached hydrogen (secondary N) is 2. The van der Waals surface area contributed by atoms with Gasteiger partial charge < -0.3 is 20.4 Å².